The Morgan fingerprint density at radius 2 is 1.91 bits per heavy atom. The quantitative estimate of drug-likeness (QED) is 0.422. The highest BCUT2D eigenvalue weighted by Gasteiger charge is 2.02. The van der Waals surface area contributed by atoms with Crippen LogP contribution in [0.3, 0.4) is 0 Å². The molecule has 2 aromatic rings. The van der Waals surface area contributed by atoms with E-state index in [-0.39, 0.29) is 12.5 Å². The maximum atomic E-state index is 11.7. The zero-order chi connectivity index (χ0) is 16.5. The zero-order valence-electron chi connectivity index (χ0n) is 12.7. The van der Waals surface area contributed by atoms with Crippen LogP contribution in [0.4, 0.5) is 0 Å². The minimum Gasteiger partial charge on any atom is -0.493 e. The summed E-state index contributed by atoms with van der Waals surface area (Å²) in [5.74, 6) is 1.04. The summed E-state index contributed by atoms with van der Waals surface area (Å²) in [4.78, 5) is 11.7. The van der Waals surface area contributed by atoms with Crippen LogP contribution in [0, 0.1) is 3.57 Å². The topological polar surface area (TPSA) is 59.9 Å². The number of nitrogens with one attached hydrogen (secondary N) is 1. The highest BCUT2D eigenvalue weighted by atomic mass is 127. The molecular weight excluding hydrogens is 407 g/mol. The van der Waals surface area contributed by atoms with Gasteiger partial charge in [-0.3, -0.25) is 4.79 Å². The van der Waals surface area contributed by atoms with Crippen LogP contribution in [0.25, 0.3) is 0 Å². The number of nitrogens with zero attached hydrogens (tertiary/aromatic N) is 1. The van der Waals surface area contributed by atoms with Gasteiger partial charge in [0.05, 0.1) is 12.8 Å². The first-order valence-corrected chi connectivity index (χ1v) is 8.19. The van der Waals surface area contributed by atoms with Crippen molar-refractivity contribution in [2.24, 2.45) is 5.10 Å². The minimum atomic E-state index is -0.325. The molecule has 0 heterocycles. The summed E-state index contributed by atoms with van der Waals surface area (Å²) >= 11 is 2.21. The van der Waals surface area contributed by atoms with Crippen LogP contribution in [0.5, 0.6) is 11.5 Å². The van der Waals surface area contributed by atoms with E-state index in [0.717, 1.165) is 14.9 Å². The largest absolute Gasteiger partial charge is 0.493 e. The minimum absolute atomic E-state index is 0.0922. The van der Waals surface area contributed by atoms with Gasteiger partial charge < -0.3 is 9.47 Å². The lowest BCUT2D eigenvalue weighted by Gasteiger charge is -2.06. The molecule has 0 aliphatic carbocycles. The van der Waals surface area contributed by atoms with E-state index in [1.807, 2.05) is 55.5 Å². The van der Waals surface area contributed by atoms with E-state index >= 15 is 0 Å². The molecule has 0 bridgehead atoms. The number of carbonyl (C=O) groups is 1. The smallest absolute Gasteiger partial charge is 0.277 e. The summed E-state index contributed by atoms with van der Waals surface area (Å²) in [6, 6.07) is 14.9. The number of amides is 1. The average molecular weight is 424 g/mol. The average Bonchev–Trinajstić information content (AvgIpc) is 2.56. The number of benzene rings is 2. The van der Waals surface area contributed by atoms with Crippen LogP contribution < -0.4 is 14.9 Å². The highest BCUT2D eigenvalue weighted by molar-refractivity contribution is 14.1. The summed E-state index contributed by atoms with van der Waals surface area (Å²) in [5, 5.41) is 3.93. The van der Waals surface area contributed by atoms with Gasteiger partial charge in [-0.25, -0.2) is 5.43 Å². The Balaban J connectivity index is 1.83. The first-order chi connectivity index (χ1) is 11.2. The predicted molar refractivity (Wildman–Crippen MR) is 98.0 cm³/mol. The van der Waals surface area contributed by atoms with E-state index in [2.05, 4.69) is 33.1 Å². The van der Waals surface area contributed by atoms with Crippen molar-refractivity contribution in [3.05, 3.63) is 57.7 Å². The summed E-state index contributed by atoms with van der Waals surface area (Å²) < 4.78 is 12.0. The molecule has 0 aromatic heterocycles. The van der Waals surface area contributed by atoms with Gasteiger partial charge in [0, 0.05) is 9.13 Å². The Morgan fingerprint density at radius 1 is 1.17 bits per heavy atom. The first-order valence-electron chi connectivity index (χ1n) is 7.11. The van der Waals surface area contributed by atoms with E-state index in [1.165, 1.54) is 0 Å². The summed E-state index contributed by atoms with van der Waals surface area (Å²) in [7, 11) is 0. The third kappa shape index (κ3) is 5.90. The van der Waals surface area contributed by atoms with Crippen molar-refractivity contribution in [1.82, 2.24) is 5.43 Å². The molecule has 0 radical (unpaired) electrons. The second kappa shape index (κ2) is 9.14. The molecule has 120 valence electrons. The predicted octanol–water partition coefficient (Wildman–Crippen LogP) is 3.22. The maximum Gasteiger partial charge on any atom is 0.277 e. The molecule has 0 saturated carbocycles. The van der Waals surface area contributed by atoms with Crippen LogP contribution in [-0.4, -0.2) is 25.3 Å². The fourth-order valence-corrected chi connectivity index (χ4v) is 2.12. The second-order valence-electron chi connectivity index (χ2n) is 4.51. The standard InChI is InChI=1S/C17H17IN2O3/c1-2-22-16-6-4-3-5-13(16)11-19-20-17(21)12-23-15-9-7-14(18)8-10-15/h3-11H,2,12H2,1H3,(H,20,21)/b19-11-. The number of para-hydroxylation sites is 1. The maximum absolute atomic E-state index is 11.7. The Labute approximate surface area is 148 Å². The molecular formula is C17H17IN2O3. The molecule has 1 amide bonds. The first kappa shape index (κ1) is 17.3. The molecule has 1 N–H and O–H groups in total. The molecule has 0 unspecified atom stereocenters. The van der Waals surface area contributed by atoms with Gasteiger partial charge in [-0.2, -0.15) is 5.10 Å². The third-order valence-electron chi connectivity index (χ3n) is 2.80. The van der Waals surface area contributed by atoms with Crippen molar-refractivity contribution in [2.45, 2.75) is 6.92 Å². The van der Waals surface area contributed by atoms with Gasteiger partial charge in [0.15, 0.2) is 6.61 Å². The van der Waals surface area contributed by atoms with Crippen molar-refractivity contribution in [2.75, 3.05) is 13.2 Å². The van der Waals surface area contributed by atoms with Gasteiger partial charge in [-0.05, 0) is 65.9 Å². The lowest BCUT2D eigenvalue weighted by molar-refractivity contribution is -0.123. The fourth-order valence-electron chi connectivity index (χ4n) is 1.76. The Morgan fingerprint density at radius 3 is 2.65 bits per heavy atom. The molecule has 0 atom stereocenters. The van der Waals surface area contributed by atoms with Gasteiger partial charge in [0.2, 0.25) is 0 Å². The van der Waals surface area contributed by atoms with E-state index in [9.17, 15) is 4.79 Å². The van der Waals surface area contributed by atoms with Crippen molar-refractivity contribution in [3.63, 3.8) is 0 Å². The van der Waals surface area contributed by atoms with Gasteiger partial charge >= 0.3 is 0 Å². The monoisotopic (exact) mass is 424 g/mol. The number of hydrogen-bond acceptors (Lipinski definition) is 4. The molecule has 2 aromatic carbocycles. The molecule has 0 fully saturated rings. The Bertz CT molecular complexity index is 672. The number of hydrogen-bond donors (Lipinski definition) is 1. The Kier molecular flexibility index (Phi) is 6.86. The summed E-state index contributed by atoms with van der Waals surface area (Å²) in [6.45, 7) is 2.39. The molecule has 23 heavy (non-hydrogen) atoms. The van der Waals surface area contributed by atoms with Gasteiger partial charge in [-0.1, -0.05) is 12.1 Å². The van der Waals surface area contributed by atoms with E-state index in [0.29, 0.717) is 12.4 Å². The molecule has 0 aliphatic heterocycles. The van der Waals surface area contributed by atoms with Crippen LogP contribution in [0.2, 0.25) is 0 Å². The summed E-state index contributed by atoms with van der Waals surface area (Å²) in [6.07, 6.45) is 1.55. The SMILES string of the molecule is CCOc1ccccc1/C=N\NC(=O)COc1ccc(I)cc1. The molecule has 5 nitrogen and oxygen atoms in total. The van der Waals surface area contributed by atoms with Crippen molar-refractivity contribution >= 4 is 34.7 Å². The lowest BCUT2D eigenvalue weighted by atomic mass is 10.2. The second-order valence-corrected chi connectivity index (χ2v) is 5.75. The van der Waals surface area contributed by atoms with Crippen molar-refractivity contribution < 1.29 is 14.3 Å². The van der Waals surface area contributed by atoms with Crippen molar-refractivity contribution in [3.8, 4) is 11.5 Å². The normalized spacial score (nSPS) is 10.5. The molecule has 2 rings (SSSR count). The number of rotatable bonds is 7. The number of ether oxygens (including phenoxy) is 2. The molecule has 0 saturated heterocycles. The van der Waals surface area contributed by atoms with E-state index < -0.39 is 0 Å². The van der Waals surface area contributed by atoms with Crippen LogP contribution in [-0.2, 0) is 4.79 Å². The van der Waals surface area contributed by atoms with Crippen LogP contribution in [0.15, 0.2) is 53.6 Å². The lowest BCUT2D eigenvalue weighted by Crippen LogP contribution is -2.24. The van der Waals surface area contributed by atoms with Crippen LogP contribution in [0.1, 0.15) is 12.5 Å². The highest BCUT2D eigenvalue weighted by Crippen LogP contribution is 2.15. The van der Waals surface area contributed by atoms with Gasteiger partial charge in [0.25, 0.3) is 5.91 Å². The molecule has 0 spiro atoms. The van der Waals surface area contributed by atoms with Gasteiger partial charge in [0.1, 0.15) is 11.5 Å². The summed E-state index contributed by atoms with van der Waals surface area (Å²) in [5.41, 5.74) is 3.23. The van der Waals surface area contributed by atoms with Crippen LogP contribution >= 0.6 is 22.6 Å². The molecule has 6 heteroatoms. The number of carbonyl (C=O) groups excluding carboxylic acids is 1. The van der Waals surface area contributed by atoms with Gasteiger partial charge in [-0.15, -0.1) is 0 Å². The van der Waals surface area contributed by atoms with E-state index in [1.54, 1.807) is 6.21 Å². The zero-order valence-corrected chi connectivity index (χ0v) is 14.8. The fraction of sp³-hybridized carbons (Fsp3) is 0.176. The van der Waals surface area contributed by atoms with Crippen molar-refractivity contribution in [1.29, 1.82) is 0 Å². The molecule has 0 aliphatic rings. The van der Waals surface area contributed by atoms with E-state index in [4.69, 9.17) is 9.47 Å². The number of hydrazone groups is 1. The third-order valence-corrected chi connectivity index (χ3v) is 3.51. The number of halogens is 1. The Hall–Kier alpha value is -2.09.